The zero-order valence-corrected chi connectivity index (χ0v) is 13.5. The molecule has 2 aromatic carbocycles. The Hall–Kier alpha value is -2.01. The standard InChI is InChI=1S/C18H18N4.ClH/c19-22-11-10-14(12-22)18-20-16-9-5-4-8-15(16)17(21-18)13-6-2-1-3-7-13;/h1-9,14H,10-12,19H2;1H/t14-;/m0./s1. The van der Waals surface area contributed by atoms with Crippen molar-refractivity contribution < 1.29 is 0 Å². The minimum atomic E-state index is 0. The summed E-state index contributed by atoms with van der Waals surface area (Å²) in [6.07, 6.45) is 1.02. The van der Waals surface area contributed by atoms with Crippen LogP contribution in [0.1, 0.15) is 18.2 Å². The number of halogens is 1. The topological polar surface area (TPSA) is 55.0 Å². The van der Waals surface area contributed by atoms with Crippen LogP contribution < -0.4 is 5.84 Å². The third kappa shape index (κ3) is 3.06. The maximum atomic E-state index is 5.90. The molecule has 1 aliphatic rings. The summed E-state index contributed by atoms with van der Waals surface area (Å²) in [6.45, 7) is 1.73. The summed E-state index contributed by atoms with van der Waals surface area (Å²) in [7, 11) is 0. The highest BCUT2D eigenvalue weighted by Crippen LogP contribution is 2.30. The molecule has 0 bridgehead atoms. The predicted molar refractivity (Wildman–Crippen MR) is 95.3 cm³/mol. The highest BCUT2D eigenvalue weighted by Gasteiger charge is 2.25. The Balaban J connectivity index is 0.00000156. The van der Waals surface area contributed by atoms with Gasteiger partial charge in [-0.25, -0.2) is 15.0 Å². The van der Waals surface area contributed by atoms with Gasteiger partial charge in [0, 0.05) is 30.0 Å². The number of benzene rings is 2. The van der Waals surface area contributed by atoms with Crippen LogP contribution in [0.2, 0.25) is 0 Å². The number of aromatic nitrogens is 2. The van der Waals surface area contributed by atoms with Crippen LogP contribution in [0.15, 0.2) is 54.6 Å². The predicted octanol–water partition coefficient (Wildman–Crippen LogP) is 3.38. The van der Waals surface area contributed by atoms with E-state index in [0.29, 0.717) is 5.92 Å². The third-order valence-corrected chi connectivity index (χ3v) is 4.25. The quantitative estimate of drug-likeness (QED) is 0.733. The summed E-state index contributed by atoms with van der Waals surface area (Å²) >= 11 is 0. The molecule has 4 nitrogen and oxygen atoms in total. The van der Waals surface area contributed by atoms with Crippen molar-refractivity contribution in [2.24, 2.45) is 5.84 Å². The van der Waals surface area contributed by atoms with E-state index in [1.807, 2.05) is 35.3 Å². The molecule has 1 saturated heterocycles. The Bertz CT molecular complexity index is 806. The van der Waals surface area contributed by atoms with Gasteiger partial charge in [-0.15, -0.1) is 12.4 Å². The van der Waals surface area contributed by atoms with E-state index in [1.54, 1.807) is 0 Å². The third-order valence-electron chi connectivity index (χ3n) is 4.25. The second-order valence-electron chi connectivity index (χ2n) is 5.79. The molecule has 5 heteroatoms. The first-order valence-electron chi connectivity index (χ1n) is 7.63. The Morgan fingerprint density at radius 1 is 0.957 bits per heavy atom. The highest BCUT2D eigenvalue weighted by atomic mass is 35.5. The number of hydrazine groups is 1. The zero-order chi connectivity index (χ0) is 14.9. The van der Waals surface area contributed by atoms with Crippen molar-refractivity contribution in [1.29, 1.82) is 0 Å². The molecule has 1 aromatic heterocycles. The molecule has 0 spiro atoms. The van der Waals surface area contributed by atoms with Crippen molar-refractivity contribution in [2.75, 3.05) is 13.1 Å². The molecule has 118 valence electrons. The van der Waals surface area contributed by atoms with E-state index < -0.39 is 0 Å². The van der Waals surface area contributed by atoms with Crippen LogP contribution in [0.3, 0.4) is 0 Å². The van der Waals surface area contributed by atoms with Crippen molar-refractivity contribution in [3.63, 3.8) is 0 Å². The number of nitrogens with zero attached hydrogens (tertiary/aromatic N) is 3. The molecule has 2 heterocycles. The van der Waals surface area contributed by atoms with Gasteiger partial charge in [0.15, 0.2) is 0 Å². The van der Waals surface area contributed by atoms with E-state index in [4.69, 9.17) is 15.8 Å². The van der Waals surface area contributed by atoms with Crippen molar-refractivity contribution >= 4 is 23.3 Å². The molecular formula is C18H19ClN4. The fraction of sp³-hybridized carbons (Fsp3) is 0.222. The second kappa shape index (κ2) is 6.62. The van der Waals surface area contributed by atoms with E-state index in [-0.39, 0.29) is 12.4 Å². The zero-order valence-electron chi connectivity index (χ0n) is 12.7. The van der Waals surface area contributed by atoms with E-state index in [9.17, 15) is 0 Å². The van der Waals surface area contributed by atoms with Crippen LogP contribution in [-0.4, -0.2) is 28.1 Å². The summed E-state index contributed by atoms with van der Waals surface area (Å²) in [4.78, 5) is 9.68. The summed E-state index contributed by atoms with van der Waals surface area (Å²) in [5.41, 5.74) is 3.14. The fourth-order valence-electron chi connectivity index (χ4n) is 3.09. The van der Waals surface area contributed by atoms with Crippen LogP contribution >= 0.6 is 12.4 Å². The molecule has 0 radical (unpaired) electrons. The van der Waals surface area contributed by atoms with Gasteiger partial charge < -0.3 is 0 Å². The maximum Gasteiger partial charge on any atom is 0.134 e. The molecule has 0 amide bonds. The highest BCUT2D eigenvalue weighted by molar-refractivity contribution is 5.92. The Morgan fingerprint density at radius 2 is 1.70 bits per heavy atom. The Labute approximate surface area is 141 Å². The maximum absolute atomic E-state index is 5.90. The van der Waals surface area contributed by atoms with Gasteiger partial charge >= 0.3 is 0 Å². The van der Waals surface area contributed by atoms with Gasteiger partial charge in [0.2, 0.25) is 0 Å². The minimum Gasteiger partial charge on any atom is -0.269 e. The molecular weight excluding hydrogens is 308 g/mol. The first-order valence-corrected chi connectivity index (χ1v) is 7.63. The Morgan fingerprint density at radius 3 is 2.43 bits per heavy atom. The number of hydrogen-bond donors (Lipinski definition) is 1. The first-order chi connectivity index (χ1) is 10.8. The van der Waals surface area contributed by atoms with E-state index >= 15 is 0 Å². The van der Waals surface area contributed by atoms with Crippen molar-refractivity contribution in [3.8, 4) is 11.3 Å². The average Bonchev–Trinajstić information content (AvgIpc) is 3.01. The van der Waals surface area contributed by atoms with Crippen molar-refractivity contribution in [2.45, 2.75) is 12.3 Å². The number of rotatable bonds is 2. The van der Waals surface area contributed by atoms with Crippen LogP contribution in [0.4, 0.5) is 0 Å². The summed E-state index contributed by atoms with van der Waals surface area (Å²) in [5.74, 6) is 7.13. The van der Waals surface area contributed by atoms with Crippen LogP contribution in [0.25, 0.3) is 22.2 Å². The molecule has 0 aliphatic carbocycles. The molecule has 0 saturated carbocycles. The number of nitrogens with two attached hydrogens (primary N) is 1. The molecule has 23 heavy (non-hydrogen) atoms. The molecule has 1 fully saturated rings. The molecule has 3 aromatic rings. The lowest BCUT2D eigenvalue weighted by Gasteiger charge is -2.13. The average molecular weight is 327 g/mol. The molecule has 2 N–H and O–H groups in total. The lowest BCUT2D eigenvalue weighted by Crippen LogP contribution is -2.27. The van der Waals surface area contributed by atoms with E-state index in [1.165, 1.54) is 0 Å². The van der Waals surface area contributed by atoms with Crippen LogP contribution in [-0.2, 0) is 0 Å². The van der Waals surface area contributed by atoms with Gasteiger partial charge in [0.05, 0.1) is 11.2 Å². The van der Waals surface area contributed by atoms with Gasteiger partial charge in [-0.2, -0.15) is 0 Å². The summed E-state index contributed by atoms with van der Waals surface area (Å²) in [6, 6.07) is 18.5. The monoisotopic (exact) mass is 326 g/mol. The van der Waals surface area contributed by atoms with E-state index in [2.05, 4.69) is 24.3 Å². The Kier molecular flexibility index (Phi) is 4.57. The summed E-state index contributed by atoms with van der Waals surface area (Å²) in [5, 5.41) is 2.95. The van der Waals surface area contributed by atoms with E-state index in [0.717, 1.165) is 47.5 Å². The van der Waals surface area contributed by atoms with Crippen LogP contribution in [0.5, 0.6) is 0 Å². The number of hydrogen-bond acceptors (Lipinski definition) is 4. The lowest BCUT2D eigenvalue weighted by molar-refractivity contribution is 0.348. The van der Waals surface area contributed by atoms with Gasteiger partial charge in [0.25, 0.3) is 0 Å². The molecule has 1 aliphatic heterocycles. The molecule has 4 rings (SSSR count). The SMILES string of the molecule is Cl.NN1CC[C@H](c2nc(-c3ccccc3)c3ccccc3n2)C1. The molecule has 1 atom stereocenters. The normalized spacial score (nSPS) is 18.0. The fourth-order valence-corrected chi connectivity index (χ4v) is 3.09. The van der Waals surface area contributed by atoms with Gasteiger partial charge in [-0.1, -0.05) is 48.5 Å². The van der Waals surface area contributed by atoms with Gasteiger partial charge in [-0.05, 0) is 12.5 Å². The lowest BCUT2D eigenvalue weighted by atomic mass is 10.0. The number of fused-ring (bicyclic) bond motifs is 1. The smallest absolute Gasteiger partial charge is 0.134 e. The minimum absolute atomic E-state index is 0. The molecule has 0 unspecified atom stereocenters. The first kappa shape index (κ1) is 15.9. The summed E-state index contributed by atoms with van der Waals surface area (Å²) < 4.78 is 0. The van der Waals surface area contributed by atoms with Gasteiger partial charge in [0.1, 0.15) is 5.82 Å². The van der Waals surface area contributed by atoms with Crippen molar-refractivity contribution in [3.05, 3.63) is 60.4 Å². The largest absolute Gasteiger partial charge is 0.269 e. The van der Waals surface area contributed by atoms with Crippen molar-refractivity contribution in [1.82, 2.24) is 15.0 Å². The van der Waals surface area contributed by atoms with Crippen LogP contribution in [0, 0.1) is 0 Å². The second-order valence-corrected chi connectivity index (χ2v) is 5.79. The van der Waals surface area contributed by atoms with Gasteiger partial charge in [-0.3, -0.25) is 5.84 Å². The number of para-hydroxylation sites is 1.